The van der Waals surface area contributed by atoms with Crippen molar-refractivity contribution in [1.29, 1.82) is 0 Å². The highest BCUT2D eigenvalue weighted by atomic mass is 16.3. The Bertz CT molecular complexity index is 1240. The molecule has 0 aliphatic carbocycles. The minimum absolute atomic E-state index is 0.619. The van der Waals surface area contributed by atoms with E-state index in [0.717, 1.165) is 16.7 Å². The molecular formula is C24H18N2O. The van der Waals surface area contributed by atoms with Gasteiger partial charge in [-0.1, -0.05) is 54.6 Å². The Balaban J connectivity index is 1.43. The van der Waals surface area contributed by atoms with E-state index >= 15 is 0 Å². The highest BCUT2D eigenvalue weighted by Crippen LogP contribution is 2.27. The van der Waals surface area contributed by atoms with Gasteiger partial charge in [-0.15, -0.1) is 0 Å². The molecule has 3 nitrogen and oxygen atoms in total. The molecule has 2 aromatic heterocycles. The first-order valence-corrected chi connectivity index (χ1v) is 8.96. The topological polar surface area (TPSA) is 31.0 Å². The lowest BCUT2D eigenvalue weighted by atomic mass is 10.1. The lowest BCUT2D eigenvalue weighted by Gasteiger charge is -2.05. The van der Waals surface area contributed by atoms with Gasteiger partial charge < -0.3 is 8.98 Å². The Labute approximate surface area is 157 Å². The Morgan fingerprint density at radius 1 is 0.852 bits per heavy atom. The average molecular weight is 350 g/mol. The maximum absolute atomic E-state index is 5.73. The standard InChI is InChI=1S/C24H18N2O/c1-26-21-8-4-2-6-19(21)16-22(26)18-13-10-17(11-14-18)12-15-24-25-20-7-3-5-9-23(20)27-24/h2-16H,1H3. The van der Waals surface area contributed by atoms with Gasteiger partial charge in [0.05, 0.1) is 0 Å². The Hall–Kier alpha value is -3.59. The molecule has 3 aromatic carbocycles. The van der Waals surface area contributed by atoms with E-state index in [1.54, 1.807) is 0 Å². The fourth-order valence-corrected chi connectivity index (χ4v) is 3.46. The average Bonchev–Trinajstić information content (AvgIpc) is 3.28. The smallest absolute Gasteiger partial charge is 0.220 e. The molecule has 0 spiro atoms. The summed E-state index contributed by atoms with van der Waals surface area (Å²) in [5, 5.41) is 1.26. The first-order chi connectivity index (χ1) is 13.3. The van der Waals surface area contributed by atoms with E-state index in [0.29, 0.717) is 5.89 Å². The summed E-state index contributed by atoms with van der Waals surface area (Å²) in [6.45, 7) is 0. The molecule has 0 saturated carbocycles. The van der Waals surface area contributed by atoms with Gasteiger partial charge in [-0.3, -0.25) is 0 Å². The van der Waals surface area contributed by atoms with E-state index in [4.69, 9.17) is 4.42 Å². The van der Waals surface area contributed by atoms with Crippen molar-refractivity contribution in [3.05, 3.63) is 90.3 Å². The quantitative estimate of drug-likeness (QED) is 0.390. The number of fused-ring (bicyclic) bond motifs is 2. The molecule has 0 N–H and O–H groups in total. The van der Waals surface area contributed by atoms with E-state index in [-0.39, 0.29) is 0 Å². The normalized spacial score (nSPS) is 11.7. The predicted octanol–water partition coefficient (Wildman–Crippen LogP) is 6.16. The van der Waals surface area contributed by atoms with Gasteiger partial charge in [-0.2, -0.15) is 0 Å². The Kier molecular flexibility index (Phi) is 3.65. The third kappa shape index (κ3) is 2.83. The van der Waals surface area contributed by atoms with Crippen molar-refractivity contribution in [1.82, 2.24) is 9.55 Å². The second-order valence-electron chi connectivity index (χ2n) is 6.62. The van der Waals surface area contributed by atoms with Gasteiger partial charge in [-0.05, 0) is 41.5 Å². The minimum Gasteiger partial charge on any atom is -0.437 e. The highest BCUT2D eigenvalue weighted by molar-refractivity contribution is 5.87. The van der Waals surface area contributed by atoms with Crippen molar-refractivity contribution < 1.29 is 4.42 Å². The lowest BCUT2D eigenvalue weighted by molar-refractivity contribution is 0.590. The van der Waals surface area contributed by atoms with Crippen LogP contribution in [0.25, 0.3) is 45.4 Å². The van der Waals surface area contributed by atoms with Gasteiger partial charge in [-0.25, -0.2) is 4.98 Å². The zero-order chi connectivity index (χ0) is 18.2. The maximum atomic E-state index is 5.73. The molecule has 0 unspecified atom stereocenters. The zero-order valence-electron chi connectivity index (χ0n) is 15.0. The number of nitrogens with zero attached hydrogens (tertiary/aromatic N) is 2. The summed E-state index contributed by atoms with van der Waals surface area (Å²) in [7, 11) is 2.11. The number of hydrogen-bond donors (Lipinski definition) is 0. The molecule has 0 aliphatic rings. The number of rotatable bonds is 3. The summed E-state index contributed by atoms with van der Waals surface area (Å²) >= 11 is 0. The highest BCUT2D eigenvalue weighted by Gasteiger charge is 2.07. The summed E-state index contributed by atoms with van der Waals surface area (Å²) in [6.07, 6.45) is 3.93. The molecule has 0 aliphatic heterocycles. The third-order valence-corrected chi connectivity index (χ3v) is 4.89. The van der Waals surface area contributed by atoms with Crippen LogP contribution < -0.4 is 0 Å². The van der Waals surface area contributed by atoms with Gasteiger partial charge in [0.1, 0.15) is 5.52 Å². The first-order valence-electron chi connectivity index (χ1n) is 8.96. The summed E-state index contributed by atoms with van der Waals surface area (Å²) in [4.78, 5) is 4.47. The van der Waals surface area contributed by atoms with Gasteiger partial charge in [0.2, 0.25) is 5.89 Å². The van der Waals surface area contributed by atoms with E-state index in [9.17, 15) is 0 Å². The van der Waals surface area contributed by atoms with Crippen LogP contribution in [0.15, 0.2) is 83.3 Å². The van der Waals surface area contributed by atoms with Gasteiger partial charge >= 0.3 is 0 Å². The van der Waals surface area contributed by atoms with E-state index in [1.807, 2.05) is 36.4 Å². The molecular weight excluding hydrogens is 332 g/mol. The molecule has 27 heavy (non-hydrogen) atoms. The first kappa shape index (κ1) is 15.6. The van der Waals surface area contributed by atoms with E-state index < -0.39 is 0 Å². The van der Waals surface area contributed by atoms with Crippen LogP contribution in [0.3, 0.4) is 0 Å². The van der Waals surface area contributed by atoms with E-state index in [2.05, 4.69) is 71.2 Å². The molecule has 0 saturated heterocycles. The molecule has 0 amide bonds. The maximum Gasteiger partial charge on any atom is 0.220 e. The Morgan fingerprint density at radius 2 is 1.63 bits per heavy atom. The minimum atomic E-state index is 0.619. The van der Waals surface area contributed by atoms with Crippen molar-refractivity contribution in [2.45, 2.75) is 0 Å². The Morgan fingerprint density at radius 3 is 2.44 bits per heavy atom. The van der Waals surface area contributed by atoms with Crippen LogP contribution in [0.5, 0.6) is 0 Å². The molecule has 0 radical (unpaired) electrons. The summed E-state index contributed by atoms with van der Waals surface area (Å²) < 4.78 is 7.97. The number of hydrogen-bond acceptors (Lipinski definition) is 2. The molecule has 0 fully saturated rings. The van der Waals surface area contributed by atoms with Gasteiger partial charge in [0.25, 0.3) is 0 Å². The van der Waals surface area contributed by atoms with Crippen LogP contribution in [-0.2, 0) is 7.05 Å². The summed E-state index contributed by atoms with van der Waals surface area (Å²) in [5.74, 6) is 0.619. The summed E-state index contributed by atoms with van der Waals surface area (Å²) in [6, 6.07) is 27.0. The third-order valence-electron chi connectivity index (χ3n) is 4.89. The molecule has 130 valence electrons. The van der Waals surface area contributed by atoms with E-state index in [1.165, 1.54) is 22.2 Å². The van der Waals surface area contributed by atoms with Crippen molar-refractivity contribution in [3.63, 3.8) is 0 Å². The van der Waals surface area contributed by atoms with Crippen molar-refractivity contribution in [2.24, 2.45) is 7.05 Å². The second kappa shape index (κ2) is 6.29. The molecule has 5 rings (SSSR count). The van der Waals surface area contributed by atoms with Crippen LogP contribution in [0.4, 0.5) is 0 Å². The second-order valence-corrected chi connectivity index (χ2v) is 6.62. The number of oxazole rings is 1. The fraction of sp³-hybridized carbons (Fsp3) is 0.0417. The number of aromatic nitrogens is 2. The SMILES string of the molecule is Cn1c(-c2ccc(C=Cc3nc4ccccc4o3)cc2)cc2ccccc21. The fourth-order valence-electron chi connectivity index (χ4n) is 3.46. The van der Waals surface area contributed by atoms with Crippen LogP contribution >= 0.6 is 0 Å². The molecule has 2 heterocycles. The molecule has 3 heteroatoms. The lowest BCUT2D eigenvalue weighted by Crippen LogP contribution is -1.90. The molecule has 5 aromatic rings. The van der Waals surface area contributed by atoms with Crippen LogP contribution in [0, 0.1) is 0 Å². The molecule has 0 bridgehead atoms. The van der Waals surface area contributed by atoms with Crippen LogP contribution in [-0.4, -0.2) is 9.55 Å². The van der Waals surface area contributed by atoms with Crippen LogP contribution in [0.1, 0.15) is 11.5 Å². The summed E-state index contributed by atoms with van der Waals surface area (Å²) in [5.41, 5.74) is 6.46. The van der Waals surface area contributed by atoms with Crippen molar-refractivity contribution >= 4 is 34.2 Å². The van der Waals surface area contributed by atoms with Crippen LogP contribution in [0.2, 0.25) is 0 Å². The van der Waals surface area contributed by atoms with Crippen molar-refractivity contribution in [3.8, 4) is 11.3 Å². The van der Waals surface area contributed by atoms with Gasteiger partial charge in [0, 0.05) is 29.7 Å². The number of benzene rings is 3. The number of aryl methyl sites for hydroxylation is 1. The van der Waals surface area contributed by atoms with Crippen molar-refractivity contribution in [2.75, 3.05) is 0 Å². The largest absolute Gasteiger partial charge is 0.437 e. The zero-order valence-corrected chi connectivity index (χ0v) is 15.0. The molecule has 0 atom stereocenters. The monoisotopic (exact) mass is 350 g/mol. The predicted molar refractivity (Wildman–Crippen MR) is 111 cm³/mol. The number of para-hydroxylation sites is 3. The van der Waals surface area contributed by atoms with Gasteiger partial charge in [0.15, 0.2) is 5.58 Å².